The Morgan fingerprint density at radius 3 is 2.76 bits per heavy atom. The monoisotopic (exact) mass is 333 g/mol. The molecular formula is C15H25Cl2N3O. The molecule has 0 bridgehead atoms. The predicted molar refractivity (Wildman–Crippen MR) is 92.6 cm³/mol. The van der Waals surface area contributed by atoms with Crippen molar-refractivity contribution in [1.29, 1.82) is 0 Å². The van der Waals surface area contributed by atoms with E-state index in [-0.39, 0.29) is 36.6 Å². The van der Waals surface area contributed by atoms with E-state index < -0.39 is 0 Å². The second-order valence-corrected chi connectivity index (χ2v) is 5.47. The smallest absolute Gasteiger partial charge is 0.228 e. The van der Waals surface area contributed by atoms with E-state index in [9.17, 15) is 4.79 Å². The highest BCUT2D eigenvalue weighted by molar-refractivity contribution is 5.92. The largest absolute Gasteiger partial charge is 0.326 e. The summed E-state index contributed by atoms with van der Waals surface area (Å²) in [6, 6.07) is 8.08. The number of amides is 1. The van der Waals surface area contributed by atoms with Crippen LogP contribution in [0.4, 0.5) is 5.69 Å². The van der Waals surface area contributed by atoms with Crippen LogP contribution in [0.3, 0.4) is 0 Å². The summed E-state index contributed by atoms with van der Waals surface area (Å²) in [5, 5.41) is 6.30. The van der Waals surface area contributed by atoms with Crippen LogP contribution >= 0.6 is 24.8 Å². The molecule has 1 atom stereocenters. The summed E-state index contributed by atoms with van der Waals surface area (Å²) in [4.78, 5) is 14.3. The topological polar surface area (TPSA) is 44.4 Å². The molecule has 1 amide bonds. The molecule has 1 aliphatic heterocycles. The number of anilines is 1. The predicted octanol–water partition coefficient (Wildman–Crippen LogP) is 2.53. The van der Waals surface area contributed by atoms with E-state index in [0.29, 0.717) is 0 Å². The molecule has 0 saturated carbocycles. The highest BCUT2D eigenvalue weighted by atomic mass is 35.5. The van der Waals surface area contributed by atoms with E-state index in [0.717, 1.165) is 38.2 Å². The van der Waals surface area contributed by atoms with Crippen molar-refractivity contribution in [2.45, 2.75) is 19.4 Å². The van der Waals surface area contributed by atoms with Gasteiger partial charge < -0.3 is 15.5 Å². The van der Waals surface area contributed by atoms with E-state index in [1.165, 1.54) is 5.56 Å². The summed E-state index contributed by atoms with van der Waals surface area (Å²) in [6.07, 6.45) is 2.06. The van der Waals surface area contributed by atoms with Crippen LogP contribution in [0.15, 0.2) is 24.3 Å². The molecule has 21 heavy (non-hydrogen) atoms. The lowest BCUT2D eigenvalue weighted by Crippen LogP contribution is -2.37. The zero-order chi connectivity index (χ0) is 13.7. The highest BCUT2D eigenvalue weighted by Gasteiger charge is 2.20. The molecule has 1 aromatic rings. The number of benzene rings is 1. The molecule has 2 rings (SSSR count). The number of nitrogens with one attached hydrogen (secondary N) is 2. The summed E-state index contributed by atoms with van der Waals surface area (Å²) in [7, 11) is 4.08. The summed E-state index contributed by atoms with van der Waals surface area (Å²) in [5.41, 5.74) is 2.11. The zero-order valence-electron chi connectivity index (χ0n) is 12.6. The lowest BCUT2D eigenvalue weighted by molar-refractivity contribution is -0.120. The fraction of sp³-hybridized carbons (Fsp3) is 0.533. The number of piperidine rings is 1. The van der Waals surface area contributed by atoms with Gasteiger partial charge in [-0.05, 0) is 51.2 Å². The number of hydrogen-bond donors (Lipinski definition) is 2. The van der Waals surface area contributed by atoms with Gasteiger partial charge in [-0.15, -0.1) is 24.8 Å². The highest BCUT2D eigenvalue weighted by Crippen LogP contribution is 2.16. The number of carbonyl (C=O) groups excluding carboxylic acids is 1. The van der Waals surface area contributed by atoms with Crippen LogP contribution in [0.5, 0.6) is 0 Å². The van der Waals surface area contributed by atoms with Gasteiger partial charge in [0.2, 0.25) is 5.91 Å². The first-order valence-corrected chi connectivity index (χ1v) is 6.90. The lowest BCUT2D eigenvalue weighted by atomic mass is 9.99. The molecule has 4 nitrogen and oxygen atoms in total. The van der Waals surface area contributed by atoms with Crippen molar-refractivity contribution in [2.75, 3.05) is 32.5 Å². The molecule has 1 fully saturated rings. The minimum absolute atomic E-state index is 0. The Labute approximate surface area is 139 Å². The van der Waals surface area contributed by atoms with Gasteiger partial charge in [0.25, 0.3) is 0 Å². The molecule has 120 valence electrons. The van der Waals surface area contributed by atoms with Crippen LogP contribution in [0.25, 0.3) is 0 Å². The Morgan fingerprint density at radius 1 is 1.38 bits per heavy atom. The molecular weight excluding hydrogens is 309 g/mol. The lowest BCUT2D eigenvalue weighted by Gasteiger charge is -2.22. The van der Waals surface area contributed by atoms with Crippen molar-refractivity contribution < 1.29 is 4.79 Å². The van der Waals surface area contributed by atoms with Crippen molar-refractivity contribution in [3.63, 3.8) is 0 Å². The summed E-state index contributed by atoms with van der Waals surface area (Å²) in [5.74, 6) is 0.237. The average Bonchev–Trinajstić information content (AvgIpc) is 2.39. The quantitative estimate of drug-likeness (QED) is 0.889. The molecule has 0 aromatic heterocycles. The van der Waals surface area contributed by atoms with E-state index in [4.69, 9.17) is 0 Å². The van der Waals surface area contributed by atoms with Crippen LogP contribution in [0.2, 0.25) is 0 Å². The molecule has 1 aromatic carbocycles. The Morgan fingerprint density at radius 2 is 2.14 bits per heavy atom. The third kappa shape index (κ3) is 6.66. The number of rotatable bonds is 4. The standard InChI is InChI=1S/C15H23N3O.2ClH/c1-18(2)11-12-5-3-7-14(9-12)17-15(19)13-6-4-8-16-10-13;;/h3,5,7,9,13,16H,4,6,8,10-11H2,1-2H3,(H,17,19);2*1H. The fourth-order valence-corrected chi connectivity index (χ4v) is 2.43. The van der Waals surface area contributed by atoms with Gasteiger partial charge in [-0.1, -0.05) is 12.1 Å². The second-order valence-electron chi connectivity index (χ2n) is 5.47. The second kappa shape index (κ2) is 10.0. The first kappa shape index (κ1) is 20.2. The number of nitrogens with zero attached hydrogens (tertiary/aromatic N) is 1. The fourth-order valence-electron chi connectivity index (χ4n) is 2.43. The third-order valence-corrected chi connectivity index (χ3v) is 3.36. The maximum Gasteiger partial charge on any atom is 0.228 e. The van der Waals surface area contributed by atoms with Crippen LogP contribution in [0, 0.1) is 5.92 Å². The Kier molecular flexibility index (Phi) is 9.62. The average molecular weight is 334 g/mol. The minimum atomic E-state index is 0. The molecule has 1 saturated heterocycles. The maximum absolute atomic E-state index is 12.1. The van der Waals surface area contributed by atoms with Crippen molar-refractivity contribution in [3.05, 3.63) is 29.8 Å². The van der Waals surface area contributed by atoms with E-state index in [2.05, 4.69) is 21.6 Å². The van der Waals surface area contributed by atoms with Crippen molar-refractivity contribution in [2.24, 2.45) is 5.92 Å². The number of halogens is 2. The SMILES string of the molecule is CN(C)Cc1cccc(NC(=O)C2CCCNC2)c1.Cl.Cl. The zero-order valence-corrected chi connectivity index (χ0v) is 14.2. The molecule has 1 unspecified atom stereocenters. The van der Waals surface area contributed by atoms with Crippen molar-refractivity contribution in [1.82, 2.24) is 10.2 Å². The molecule has 6 heteroatoms. The van der Waals surface area contributed by atoms with Gasteiger partial charge in [-0.3, -0.25) is 4.79 Å². The third-order valence-electron chi connectivity index (χ3n) is 3.36. The minimum Gasteiger partial charge on any atom is -0.326 e. The Hall–Kier alpha value is -0.810. The van der Waals surface area contributed by atoms with Gasteiger partial charge in [0.15, 0.2) is 0 Å². The Bertz CT molecular complexity index is 435. The summed E-state index contributed by atoms with van der Waals surface area (Å²) < 4.78 is 0. The van der Waals surface area contributed by atoms with Crippen LogP contribution in [-0.2, 0) is 11.3 Å². The van der Waals surface area contributed by atoms with Gasteiger partial charge in [-0.2, -0.15) is 0 Å². The molecule has 1 heterocycles. The number of carbonyl (C=O) groups is 1. The van der Waals surface area contributed by atoms with Gasteiger partial charge in [0, 0.05) is 18.8 Å². The number of hydrogen-bond acceptors (Lipinski definition) is 3. The molecule has 1 aliphatic rings. The molecule has 0 aliphatic carbocycles. The Balaban J connectivity index is 0.00000200. The maximum atomic E-state index is 12.1. The molecule has 0 spiro atoms. The van der Waals surface area contributed by atoms with E-state index >= 15 is 0 Å². The summed E-state index contributed by atoms with van der Waals surface area (Å²) in [6.45, 7) is 2.71. The van der Waals surface area contributed by atoms with Gasteiger partial charge in [-0.25, -0.2) is 0 Å². The van der Waals surface area contributed by atoms with Crippen LogP contribution in [-0.4, -0.2) is 38.0 Å². The van der Waals surface area contributed by atoms with Gasteiger partial charge in [0.1, 0.15) is 0 Å². The summed E-state index contributed by atoms with van der Waals surface area (Å²) >= 11 is 0. The van der Waals surface area contributed by atoms with Gasteiger partial charge in [0.05, 0.1) is 5.92 Å². The van der Waals surface area contributed by atoms with E-state index in [1.54, 1.807) is 0 Å². The van der Waals surface area contributed by atoms with Crippen molar-refractivity contribution >= 4 is 36.4 Å². The first-order chi connectivity index (χ1) is 9.15. The van der Waals surface area contributed by atoms with Crippen molar-refractivity contribution in [3.8, 4) is 0 Å². The van der Waals surface area contributed by atoms with Crippen LogP contribution < -0.4 is 10.6 Å². The first-order valence-electron chi connectivity index (χ1n) is 6.90. The molecule has 2 N–H and O–H groups in total. The van der Waals surface area contributed by atoms with Gasteiger partial charge >= 0.3 is 0 Å². The molecule has 0 radical (unpaired) electrons. The van der Waals surface area contributed by atoms with Crippen LogP contribution in [0.1, 0.15) is 18.4 Å². The normalized spacial score (nSPS) is 17.6. The van der Waals surface area contributed by atoms with E-state index in [1.807, 2.05) is 32.3 Å².